The van der Waals surface area contributed by atoms with Gasteiger partial charge in [0.15, 0.2) is 0 Å². The average Bonchev–Trinajstić information content (AvgIpc) is 2.82. The molecule has 0 aliphatic carbocycles. The molecule has 1 aliphatic rings. The fraction of sp³-hybridized carbons (Fsp3) is 0.435. The van der Waals surface area contributed by atoms with Crippen LogP contribution in [-0.2, 0) is 10.0 Å². The molecule has 0 radical (unpaired) electrons. The Morgan fingerprint density at radius 3 is 2.29 bits per heavy atom. The monoisotopic (exact) mass is 446 g/mol. The summed E-state index contributed by atoms with van der Waals surface area (Å²) in [4.78, 5) is 13.2. The third kappa shape index (κ3) is 5.19. The van der Waals surface area contributed by atoms with Gasteiger partial charge in [-0.15, -0.1) is 0 Å². The fourth-order valence-corrected chi connectivity index (χ4v) is 5.32. The van der Waals surface area contributed by atoms with E-state index in [0.717, 1.165) is 30.6 Å². The van der Waals surface area contributed by atoms with E-state index in [9.17, 15) is 13.2 Å². The summed E-state index contributed by atoms with van der Waals surface area (Å²) in [6.07, 6.45) is 3.41. The van der Waals surface area contributed by atoms with Crippen LogP contribution in [0, 0.1) is 0 Å². The van der Waals surface area contributed by atoms with Gasteiger partial charge in [-0.05, 0) is 55.2 Å². The molecule has 1 atom stereocenters. The Hall–Kier alpha value is -2.58. The van der Waals surface area contributed by atoms with Crippen molar-refractivity contribution in [1.82, 2.24) is 9.62 Å². The zero-order valence-corrected chi connectivity index (χ0v) is 19.1. The number of sulfonamides is 1. The molecular weight excluding hydrogens is 416 g/mol. The molecule has 0 spiro atoms. The van der Waals surface area contributed by atoms with E-state index < -0.39 is 10.0 Å². The van der Waals surface area contributed by atoms with Crippen LogP contribution in [0.5, 0.6) is 11.5 Å². The maximum absolute atomic E-state index is 13.1. The van der Waals surface area contributed by atoms with Crippen molar-refractivity contribution in [2.24, 2.45) is 0 Å². The van der Waals surface area contributed by atoms with Crippen LogP contribution >= 0.6 is 0 Å². The van der Waals surface area contributed by atoms with Gasteiger partial charge >= 0.3 is 0 Å². The highest BCUT2D eigenvalue weighted by molar-refractivity contribution is 7.89. The van der Waals surface area contributed by atoms with Crippen LogP contribution in [0.4, 0.5) is 0 Å². The lowest BCUT2D eigenvalue weighted by atomic mass is 10.0. The smallest absolute Gasteiger partial charge is 0.255 e. The number of carbonyl (C=O) groups excluding carboxylic acids is 1. The van der Waals surface area contributed by atoms with E-state index in [1.807, 2.05) is 31.2 Å². The number of carbonyl (C=O) groups is 1. The Bertz CT molecular complexity index is 999. The first-order chi connectivity index (χ1) is 14.9. The number of benzene rings is 2. The van der Waals surface area contributed by atoms with Crippen LogP contribution in [0.1, 0.15) is 54.6 Å². The minimum atomic E-state index is -3.65. The lowest BCUT2D eigenvalue weighted by molar-refractivity contribution is 0.0932. The van der Waals surface area contributed by atoms with Crippen LogP contribution in [0.25, 0.3) is 0 Å². The van der Waals surface area contributed by atoms with Crippen LogP contribution in [0.15, 0.2) is 47.4 Å². The van der Waals surface area contributed by atoms with Crippen molar-refractivity contribution in [2.75, 3.05) is 27.3 Å². The lowest BCUT2D eigenvalue weighted by Gasteiger charge is -2.26. The van der Waals surface area contributed by atoms with E-state index in [1.165, 1.54) is 23.5 Å². The summed E-state index contributed by atoms with van der Waals surface area (Å²) in [5.41, 5.74) is 1.14. The predicted octanol–water partition coefficient (Wildman–Crippen LogP) is 3.76. The van der Waals surface area contributed by atoms with Gasteiger partial charge in [-0.2, -0.15) is 4.31 Å². The molecule has 1 fully saturated rings. The molecule has 1 saturated heterocycles. The van der Waals surface area contributed by atoms with Crippen molar-refractivity contribution in [3.63, 3.8) is 0 Å². The minimum absolute atomic E-state index is 0.109. The van der Waals surface area contributed by atoms with E-state index in [-0.39, 0.29) is 22.4 Å². The summed E-state index contributed by atoms with van der Waals surface area (Å²) in [6.45, 7) is 2.99. The van der Waals surface area contributed by atoms with Gasteiger partial charge in [0.1, 0.15) is 11.5 Å². The van der Waals surface area contributed by atoms with Crippen molar-refractivity contribution >= 4 is 15.9 Å². The second-order valence-electron chi connectivity index (χ2n) is 7.53. The largest absolute Gasteiger partial charge is 0.497 e. The fourth-order valence-electron chi connectivity index (χ4n) is 3.77. The first-order valence-electron chi connectivity index (χ1n) is 10.5. The van der Waals surface area contributed by atoms with Gasteiger partial charge in [-0.25, -0.2) is 8.42 Å². The molecular formula is C23H30N2O5S. The summed E-state index contributed by atoms with van der Waals surface area (Å²) in [6, 6.07) is 11.7. The highest BCUT2D eigenvalue weighted by atomic mass is 32.2. The van der Waals surface area contributed by atoms with E-state index in [4.69, 9.17) is 9.47 Å². The summed E-state index contributed by atoms with van der Waals surface area (Å²) in [7, 11) is -0.587. The summed E-state index contributed by atoms with van der Waals surface area (Å²) < 4.78 is 38.2. The van der Waals surface area contributed by atoms with Crippen molar-refractivity contribution in [2.45, 2.75) is 43.5 Å². The van der Waals surface area contributed by atoms with Gasteiger partial charge in [0.2, 0.25) is 10.0 Å². The molecule has 2 aromatic rings. The Morgan fingerprint density at radius 1 is 1.03 bits per heavy atom. The molecule has 2 aromatic carbocycles. The van der Waals surface area contributed by atoms with Gasteiger partial charge < -0.3 is 14.8 Å². The first-order valence-corrected chi connectivity index (χ1v) is 12.0. The number of ether oxygens (including phenoxy) is 2. The van der Waals surface area contributed by atoms with Crippen LogP contribution < -0.4 is 14.8 Å². The third-order valence-corrected chi connectivity index (χ3v) is 7.49. The predicted molar refractivity (Wildman–Crippen MR) is 119 cm³/mol. The molecule has 168 valence electrons. The molecule has 0 unspecified atom stereocenters. The van der Waals surface area contributed by atoms with Crippen molar-refractivity contribution < 1.29 is 22.7 Å². The maximum atomic E-state index is 13.1. The quantitative estimate of drug-likeness (QED) is 0.667. The standard InChI is InChI=1S/C23H30N2O5S/c1-4-21(17-8-10-18(29-2)11-9-17)24-23(26)20-16-19(12-13-22(20)30-3)31(27,28)25-14-6-5-7-15-25/h8-13,16,21H,4-7,14-15H2,1-3H3,(H,24,26)/t21-/m0/s1. The Morgan fingerprint density at radius 2 is 1.71 bits per heavy atom. The SMILES string of the molecule is CC[C@H](NC(=O)c1cc(S(=O)(=O)N2CCCCC2)ccc1OC)c1ccc(OC)cc1. The van der Waals surface area contributed by atoms with Crippen LogP contribution in [-0.4, -0.2) is 45.9 Å². The van der Waals surface area contributed by atoms with Crippen molar-refractivity contribution in [3.8, 4) is 11.5 Å². The van der Waals surface area contributed by atoms with Crippen molar-refractivity contribution in [3.05, 3.63) is 53.6 Å². The molecule has 8 heteroatoms. The van der Waals surface area contributed by atoms with Gasteiger partial charge in [-0.3, -0.25) is 4.79 Å². The van der Waals surface area contributed by atoms with E-state index in [1.54, 1.807) is 13.2 Å². The Labute approximate surface area is 184 Å². The number of hydrogen-bond donors (Lipinski definition) is 1. The van der Waals surface area contributed by atoms with E-state index in [0.29, 0.717) is 25.3 Å². The van der Waals surface area contributed by atoms with Crippen LogP contribution in [0.3, 0.4) is 0 Å². The number of hydrogen-bond acceptors (Lipinski definition) is 5. The number of nitrogens with zero attached hydrogens (tertiary/aromatic N) is 1. The van der Waals surface area contributed by atoms with E-state index in [2.05, 4.69) is 5.32 Å². The maximum Gasteiger partial charge on any atom is 0.255 e. The first kappa shape index (κ1) is 23.1. The zero-order valence-electron chi connectivity index (χ0n) is 18.3. The molecule has 0 aromatic heterocycles. The molecule has 31 heavy (non-hydrogen) atoms. The molecule has 1 amide bonds. The number of amides is 1. The molecule has 0 bridgehead atoms. The summed E-state index contributed by atoms with van der Waals surface area (Å²) >= 11 is 0. The molecule has 1 N–H and O–H groups in total. The molecule has 7 nitrogen and oxygen atoms in total. The number of methoxy groups -OCH3 is 2. The molecule has 3 rings (SSSR count). The topological polar surface area (TPSA) is 84.9 Å². The van der Waals surface area contributed by atoms with Gasteiger partial charge in [0.05, 0.1) is 30.7 Å². The highest BCUT2D eigenvalue weighted by Gasteiger charge is 2.28. The summed E-state index contributed by atoms with van der Waals surface area (Å²) in [5.74, 6) is 0.692. The lowest BCUT2D eigenvalue weighted by Crippen LogP contribution is -2.35. The van der Waals surface area contributed by atoms with Gasteiger partial charge in [-0.1, -0.05) is 25.5 Å². The van der Waals surface area contributed by atoms with E-state index >= 15 is 0 Å². The normalized spacial score (nSPS) is 15.8. The minimum Gasteiger partial charge on any atom is -0.497 e. The highest BCUT2D eigenvalue weighted by Crippen LogP contribution is 2.28. The molecule has 0 saturated carbocycles. The van der Waals surface area contributed by atoms with Gasteiger partial charge in [0.25, 0.3) is 5.91 Å². The second kappa shape index (κ2) is 10.2. The van der Waals surface area contributed by atoms with Crippen LogP contribution in [0.2, 0.25) is 0 Å². The number of piperidine rings is 1. The number of nitrogens with one attached hydrogen (secondary N) is 1. The average molecular weight is 447 g/mol. The van der Waals surface area contributed by atoms with Crippen molar-refractivity contribution in [1.29, 1.82) is 0 Å². The molecule has 1 heterocycles. The van der Waals surface area contributed by atoms with Gasteiger partial charge in [0, 0.05) is 13.1 Å². The third-order valence-electron chi connectivity index (χ3n) is 5.60. The molecule has 1 aliphatic heterocycles. The summed E-state index contributed by atoms with van der Waals surface area (Å²) in [5, 5.41) is 3.00. The Balaban J connectivity index is 1.87. The Kier molecular flexibility index (Phi) is 7.56. The number of rotatable bonds is 8. The zero-order chi connectivity index (χ0) is 22.4. The second-order valence-corrected chi connectivity index (χ2v) is 9.47.